The standard InChI is InChI=1S/C14H25NO5/c1-10(16)5-6-14(11(17)18)7-8-15(9-14)12(19)20-13(2,3)4/h10,16H,5-9H2,1-4H3,(H,17,18). The molecule has 6 heteroatoms. The molecule has 1 rings (SSSR count). The monoisotopic (exact) mass is 287 g/mol. The number of amides is 1. The summed E-state index contributed by atoms with van der Waals surface area (Å²) in [6.45, 7) is 7.48. The van der Waals surface area contributed by atoms with Gasteiger partial charge in [0.25, 0.3) is 0 Å². The second kappa shape index (κ2) is 5.99. The summed E-state index contributed by atoms with van der Waals surface area (Å²) >= 11 is 0. The van der Waals surface area contributed by atoms with E-state index in [0.717, 1.165) is 0 Å². The largest absolute Gasteiger partial charge is 0.481 e. The number of aliphatic hydroxyl groups is 1. The first-order valence-electron chi connectivity index (χ1n) is 6.95. The van der Waals surface area contributed by atoms with Crippen LogP contribution in [0.5, 0.6) is 0 Å². The zero-order valence-corrected chi connectivity index (χ0v) is 12.7. The van der Waals surface area contributed by atoms with Crippen molar-refractivity contribution in [3.8, 4) is 0 Å². The molecule has 0 bridgehead atoms. The highest BCUT2D eigenvalue weighted by atomic mass is 16.6. The SMILES string of the molecule is CC(O)CCC1(C(=O)O)CCN(C(=O)OC(C)(C)C)C1. The second-order valence-electron chi connectivity index (χ2n) is 6.63. The van der Waals surface area contributed by atoms with Gasteiger partial charge in [0.05, 0.1) is 11.5 Å². The van der Waals surface area contributed by atoms with E-state index in [2.05, 4.69) is 0 Å². The molecule has 20 heavy (non-hydrogen) atoms. The van der Waals surface area contributed by atoms with Crippen molar-refractivity contribution in [2.45, 2.75) is 58.7 Å². The van der Waals surface area contributed by atoms with Gasteiger partial charge in [-0.2, -0.15) is 0 Å². The van der Waals surface area contributed by atoms with Crippen LogP contribution in [0.25, 0.3) is 0 Å². The Bertz CT molecular complexity index is 374. The number of carbonyl (C=O) groups is 2. The van der Waals surface area contributed by atoms with Crippen molar-refractivity contribution >= 4 is 12.1 Å². The van der Waals surface area contributed by atoms with E-state index in [9.17, 15) is 19.8 Å². The van der Waals surface area contributed by atoms with Crippen LogP contribution in [0, 0.1) is 5.41 Å². The molecule has 0 saturated carbocycles. The molecule has 116 valence electrons. The maximum atomic E-state index is 12.0. The topological polar surface area (TPSA) is 87.1 Å². The summed E-state index contributed by atoms with van der Waals surface area (Å²) in [5.41, 5.74) is -1.56. The maximum absolute atomic E-state index is 12.0. The minimum atomic E-state index is -0.964. The average Bonchev–Trinajstić information content (AvgIpc) is 2.69. The van der Waals surface area contributed by atoms with Gasteiger partial charge in [-0.15, -0.1) is 0 Å². The van der Waals surface area contributed by atoms with Crippen LogP contribution in [0.4, 0.5) is 4.79 Å². The van der Waals surface area contributed by atoms with Gasteiger partial charge in [0.1, 0.15) is 5.60 Å². The van der Waals surface area contributed by atoms with Crippen molar-refractivity contribution in [3.05, 3.63) is 0 Å². The molecule has 0 aromatic rings. The number of ether oxygens (including phenoxy) is 1. The van der Waals surface area contributed by atoms with Crippen molar-refractivity contribution in [3.63, 3.8) is 0 Å². The van der Waals surface area contributed by atoms with Crippen molar-refractivity contribution in [2.75, 3.05) is 13.1 Å². The van der Waals surface area contributed by atoms with Crippen LogP contribution in [0.2, 0.25) is 0 Å². The lowest BCUT2D eigenvalue weighted by atomic mass is 9.82. The quantitative estimate of drug-likeness (QED) is 0.824. The second-order valence-corrected chi connectivity index (χ2v) is 6.63. The summed E-state index contributed by atoms with van der Waals surface area (Å²) < 4.78 is 5.26. The van der Waals surface area contributed by atoms with Gasteiger partial charge in [0, 0.05) is 13.1 Å². The lowest BCUT2D eigenvalue weighted by Gasteiger charge is -2.27. The van der Waals surface area contributed by atoms with Gasteiger partial charge in [0.15, 0.2) is 0 Å². The van der Waals surface area contributed by atoms with E-state index in [1.54, 1.807) is 27.7 Å². The van der Waals surface area contributed by atoms with Crippen molar-refractivity contribution < 1.29 is 24.5 Å². The zero-order chi connectivity index (χ0) is 15.6. The highest BCUT2D eigenvalue weighted by Gasteiger charge is 2.46. The molecule has 0 aliphatic carbocycles. The van der Waals surface area contributed by atoms with Crippen molar-refractivity contribution in [2.24, 2.45) is 5.41 Å². The summed E-state index contributed by atoms with van der Waals surface area (Å²) in [4.78, 5) is 24.9. The third kappa shape index (κ3) is 4.37. The lowest BCUT2D eigenvalue weighted by Crippen LogP contribution is -2.39. The molecule has 1 aliphatic rings. The van der Waals surface area contributed by atoms with E-state index in [-0.39, 0.29) is 6.54 Å². The van der Waals surface area contributed by atoms with Gasteiger partial charge in [-0.05, 0) is 47.0 Å². The predicted octanol–water partition coefficient (Wildman–Crippen LogP) is 1.86. The number of likely N-dealkylation sites (tertiary alicyclic amines) is 1. The van der Waals surface area contributed by atoms with Crippen LogP contribution >= 0.6 is 0 Å². The van der Waals surface area contributed by atoms with Gasteiger partial charge in [0.2, 0.25) is 0 Å². The van der Waals surface area contributed by atoms with E-state index < -0.39 is 29.2 Å². The highest BCUT2D eigenvalue weighted by molar-refractivity contribution is 5.78. The smallest absolute Gasteiger partial charge is 0.410 e. The molecule has 1 aliphatic heterocycles. The lowest BCUT2D eigenvalue weighted by molar-refractivity contribution is -0.148. The highest BCUT2D eigenvalue weighted by Crippen LogP contribution is 2.36. The molecule has 0 spiro atoms. The number of carbonyl (C=O) groups excluding carboxylic acids is 1. The molecule has 6 nitrogen and oxygen atoms in total. The van der Waals surface area contributed by atoms with Crippen molar-refractivity contribution in [1.29, 1.82) is 0 Å². The number of aliphatic hydroxyl groups excluding tert-OH is 1. The Labute approximate surface area is 119 Å². The summed E-state index contributed by atoms with van der Waals surface area (Å²) in [6.07, 6.45) is 0.154. The van der Waals surface area contributed by atoms with E-state index in [1.165, 1.54) is 4.90 Å². The summed E-state index contributed by atoms with van der Waals surface area (Å²) in [5.74, 6) is -0.913. The van der Waals surface area contributed by atoms with Crippen LogP contribution < -0.4 is 0 Å². The van der Waals surface area contributed by atoms with Crippen LogP contribution in [0.3, 0.4) is 0 Å². The summed E-state index contributed by atoms with van der Waals surface area (Å²) in [5, 5.41) is 18.8. The third-order valence-electron chi connectivity index (χ3n) is 3.50. The van der Waals surface area contributed by atoms with Crippen LogP contribution in [-0.2, 0) is 9.53 Å². The van der Waals surface area contributed by atoms with Crippen LogP contribution in [-0.4, -0.2) is 52.0 Å². The van der Waals surface area contributed by atoms with E-state index >= 15 is 0 Å². The van der Waals surface area contributed by atoms with Crippen molar-refractivity contribution in [1.82, 2.24) is 4.90 Å². The minimum absolute atomic E-state index is 0.143. The van der Waals surface area contributed by atoms with Crippen LogP contribution in [0.1, 0.15) is 47.0 Å². The predicted molar refractivity (Wildman–Crippen MR) is 73.4 cm³/mol. The molecule has 0 aromatic heterocycles. The average molecular weight is 287 g/mol. The first-order valence-corrected chi connectivity index (χ1v) is 6.95. The molecule has 2 atom stereocenters. The molecule has 1 amide bonds. The minimum Gasteiger partial charge on any atom is -0.481 e. The molecular weight excluding hydrogens is 262 g/mol. The summed E-state index contributed by atoms with van der Waals surface area (Å²) in [6, 6.07) is 0. The van der Waals surface area contributed by atoms with Gasteiger partial charge in [-0.1, -0.05) is 0 Å². The Balaban J connectivity index is 2.70. The van der Waals surface area contributed by atoms with E-state index in [1.807, 2.05) is 0 Å². The normalized spacial score (nSPS) is 24.6. The fraction of sp³-hybridized carbons (Fsp3) is 0.857. The number of rotatable bonds is 4. The number of hydrogen-bond donors (Lipinski definition) is 2. The molecule has 0 radical (unpaired) electrons. The maximum Gasteiger partial charge on any atom is 0.410 e. The Morgan fingerprint density at radius 2 is 2.00 bits per heavy atom. The molecule has 1 fully saturated rings. The summed E-state index contributed by atoms with van der Waals surface area (Å²) in [7, 11) is 0. The number of nitrogens with zero attached hydrogens (tertiary/aromatic N) is 1. The Kier molecular flexibility index (Phi) is 5.02. The fourth-order valence-electron chi connectivity index (χ4n) is 2.33. The van der Waals surface area contributed by atoms with Gasteiger partial charge in [-0.25, -0.2) is 4.79 Å². The van der Waals surface area contributed by atoms with Gasteiger partial charge in [-0.3, -0.25) is 4.79 Å². The Hall–Kier alpha value is -1.30. The molecule has 1 saturated heterocycles. The first-order chi connectivity index (χ1) is 9.06. The number of carboxylic acid groups (broad SMARTS) is 1. The molecule has 0 aromatic carbocycles. The van der Waals surface area contributed by atoms with Crippen LogP contribution in [0.15, 0.2) is 0 Å². The Morgan fingerprint density at radius 3 is 2.45 bits per heavy atom. The molecule has 2 N–H and O–H groups in total. The third-order valence-corrected chi connectivity index (χ3v) is 3.50. The van der Waals surface area contributed by atoms with E-state index in [0.29, 0.717) is 25.8 Å². The van der Waals surface area contributed by atoms with Gasteiger partial charge >= 0.3 is 12.1 Å². The number of aliphatic carboxylic acids is 1. The molecule has 1 heterocycles. The van der Waals surface area contributed by atoms with Gasteiger partial charge < -0.3 is 19.8 Å². The fourth-order valence-corrected chi connectivity index (χ4v) is 2.33. The van der Waals surface area contributed by atoms with E-state index in [4.69, 9.17) is 4.74 Å². The zero-order valence-electron chi connectivity index (χ0n) is 12.7. The number of carboxylic acids is 1. The number of hydrogen-bond acceptors (Lipinski definition) is 4. The molecular formula is C14H25NO5. The Morgan fingerprint density at radius 1 is 1.40 bits per heavy atom. The molecule has 2 unspecified atom stereocenters. The first kappa shape index (κ1) is 16.8.